The molecule has 0 aromatic heterocycles. The summed E-state index contributed by atoms with van der Waals surface area (Å²) in [7, 11) is 0. The van der Waals surface area contributed by atoms with Crippen molar-refractivity contribution < 1.29 is 22.4 Å². The minimum Gasteiger partial charge on any atom is -0.365 e. The van der Waals surface area contributed by atoms with E-state index in [9.17, 15) is 22.4 Å². The van der Waals surface area contributed by atoms with E-state index in [1.165, 1.54) is 23.8 Å². The second-order valence-electron chi connectivity index (χ2n) is 9.76. The summed E-state index contributed by atoms with van der Waals surface area (Å²) in [4.78, 5) is 17.8. The van der Waals surface area contributed by atoms with Crippen LogP contribution >= 0.6 is 0 Å². The van der Waals surface area contributed by atoms with Crippen LogP contribution < -0.4 is 10.2 Å². The molecule has 0 aliphatic carbocycles. The Balaban J connectivity index is 1.37. The Morgan fingerprint density at radius 1 is 0.973 bits per heavy atom. The fraction of sp³-hybridized carbons (Fsp3) is 0.345. The van der Waals surface area contributed by atoms with Crippen LogP contribution in [0.2, 0.25) is 0 Å². The molecule has 1 fully saturated rings. The smallest absolute Gasteiger partial charge is 0.365 e. The first-order valence-corrected chi connectivity index (χ1v) is 12.5. The molecular weight excluding hydrogens is 482 g/mol. The number of carbonyl (C=O) groups excluding carboxylic acids is 1. The Bertz CT molecular complexity index is 1250. The minimum atomic E-state index is -4.45. The maximum Gasteiger partial charge on any atom is 0.416 e. The number of alkyl halides is 3. The van der Waals surface area contributed by atoms with Crippen LogP contribution in [0.15, 0.2) is 72.8 Å². The predicted molar refractivity (Wildman–Crippen MR) is 135 cm³/mol. The molecule has 3 aromatic rings. The number of hydrogen-bond acceptors (Lipinski definition) is 3. The molecule has 2 aliphatic heterocycles. The van der Waals surface area contributed by atoms with Crippen molar-refractivity contribution in [1.29, 1.82) is 0 Å². The number of benzene rings is 3. The van der Waals surface area contributed by atoms with Crippen molar-refractivity contribution in [3.05, 3.63) is 101 Å². The lowest BCUT2D eigenvalue weighted by Crippen LogP contribution is -2.61. The van der Waals surface area contributed by atoms with Crippen LogP contribution in [-0.4, -0.2) is 43.0 Å². The molecule has 0 unspecified atom stereocenters. The van der Waals surface area contributed by atoms with Crippen molar-refractivity contribution in [1.82, 2.24) is 10.2 Å². The van der Waals surface area contributed by atoms with Gasteiger partial charge in [-0.2, -0.15) is 13.2 Å². The number of halogens is 4. The lowest BCUT2D eigenvalue weighted by Gasteiger charge is -2.49. The number of rotatable bonds is 6. The third-order valence-electron chi connectivity index (χ3n) is 7.43. The lowest BCUT2D eigenvalue weighted by atomic mass is 9.82. The van der Waals surface area contributed by atoms with E-state index in [1.54, 1.807) is 18.2 Å². The molecule has 1 N–H and O–H groups in total. The van der Waals surface area contributed by atoms with Crippen molar-refractivity contribution in [2.45, 2.75) is 31.6 Å². The maximum atomic E-state index is 14.1. The van der Waals surface area contributed by atoms with E-state index in [4.69, 9.17) is 0 Å². The zero-order chi connectivity index (χ0) is 26.0. The summed E-state index contributed by atoms with van der Waals surface area (Å²) >= 11 is 0. The van der Waals surface area contributed by atoms with E-state index in [-0.39, 0.29) is 24.9 Å². The highest BCUT2D eigenvalue weighted by Gasteiger charge is 2.42. The molecule has 0 bridgehead atoms. The van der Waals surface area contributed by atoms with Crippen LogP contribution in [0.3, 0.4) is 0 Å². The second kappa shape index (κ2) is 10.5. The first-order chi connectivity index (χ1) is 17.8. The molecule has 8 heteroatoms. The van der Waals surface area contributed by atoms with Gasteiger partial charge in [-0.1, -0.05) is 48.5 Å². The Kier molecular flexibility index (Phi) is 7.20. The van der Waals surface area contributed by atoms with Gasteiger partial charge in [-0.15, -0.1) is 0 Å². The average molecular weight is 512 g/mol. The van der Waals surface area contributed by atoms with Crippen molar-refractivity contribution in [3.63, 3.8) is 0 Å². The van der Waals surface area contributed by atoms with Gasteiger partial charge in [-0.05, 0) is 48.2 Å². The van der Waals surface area contributed by atoms with Crippen LogP contribution in [0.25, 0.3) is 0 Å². The highest BCUT2D eigenvalue weighted by Crippen LogP contribution is 2.39. The van der Waals surface area contributed by atoms with Gasteiger partial charge in [0, 0.05) is 44.0 Å². The van der Waals surface area contributed by atoms with Crippen LogP contribution in [-0.2, 0) is 30.4 Å². The Labute approximate surface area is 213 Å². The standard InChI is InChI=1S/C29H29F4N3O/c30-25-9-5-4-8-21(25)18-34-28(37)24-17-22-16-23(29(31,32)33)10-11-26(22)36-15-14-35(19-27(24)36)13-12-20-6-2-1-3-7-20/h1-11,16,24,27H,12-15,17-19H2,(H,34,37)/t24-,27-/m1/s1. The highest BCUT2D eigenvalue weighted by atomic mass is 19.4. The van der Waals surface area contributed by atoms with Crippen molar-refractivity contribution in [2.24, 2.45) is 5.92 Å². The summed E-state index contributed by atoms with van der Waals surface area (Å²) in [6.07, 6.45) is -3.37. The van der Waals surface area contributed by atoms with E-state index in [1.807, 2.05) is 18.2 Å². The number of piperazine rings is 1. The van der Waals surface area contributed by atoms with Crippen molar-refractivity contribution >= 4 is 11.6 Å². The molecule has 2 atom stereocenters. The molecule has 1 saturated heterocycles. The number of hydrogen-bond donors (Lipinski definition) is 1. The largest absolute Gasteiger partial charge is 0.416 e. The van der Waals surface area contributed by atoms with Crippen LogP contribution in [0.1, 0.15) is 22.3 Å². The normalized spacial score (nSPS) is 19.7. The van der Waals surface area contributed by atoms with Gasteiger partial charge in [0.2, 0.25) is 5.91 Å². The van der Waals surface area contributed by atoms with Gasteiger partial charge in [0.1, 0.15) is 5.82 Å². The summed E-state index contributed by atoms with van der Waals surface area (Å²) in [6, 6.07) is 20.1. The topological polar surface area (TPSA) is 35.6 Å². The molecule has 5 rings (SSSR count). The fourth-order valence-corrected chi connectivity index (χ4v) is 5.45. The van der Waals surface area contributed by atoms with Crippen LogP contribution in [0.4, 0.5) is 23.2 Å². The molecule has 37 heavy (non-hydrogen) atoms. The molecule has 2 heterocycles. The van der Waals surface area contributed by atoms with Gasteiger partial charge in [0.05, 0.1) is 17.5 Å². The van der Waals surface area contributed by atoms with Gasteiger partial charge >= 0.3 is 6.18 Å². The van der Waals surface area contributed by atoms with Crippen molar-refractivity contribution in [3.8, 4) is 0 Å². The van der Waals surface area contributed by atoms with E-state index < -0.39 is 23.5 Å². The summed E-state index contributed by atoms with van der Waals surface area (Å²) in [5.74, 6) is -1.23. The van der Waals surface area contributed by atoms with Gasteiger partial charge in [-0.3, -0.25) is 9.69 Å². The first-order valence-electron chi connectivity index (χ1n) is 12.5. The molecule has 0 radical (unpaired) electrons. The monoisotopic (exact) mass is 511 g/mol. The Morgan fingerprint density at radius 2 is 1.73 bits per heavy atom. The van der Waals surface area contributed by atoms with Crippen LogP contribution in [0, 0.1) is 11.7 Å². The van der Waals surface area contributed by atoms with E-state index in [2.05, 4.69) is 27.2 Å². The maximum absolute atomic E-state index is 14.1. The highest BCUT2D eigenvalue weighted by molar-refractivity contribution is 5.82. The summed E-state index contributed by atoms with van der Waals surface area (Å²) < 4.78 is 54.4. The number of nitrogens with zero attached hydrogens (tertiary/aromatic N) is 2. The number of anilines is 1. The quantitative estimate of drug-likeness (QED) is 0.470. The van der Waals surface area contributed by atoms with Gasteiger partial charge in [-0.25, -0.2) is 4.39 Å². The molecule has 0 saturated carbocycles. The molecule has 4 nitrogen and oxygen atoms in total. The van der Waals surface area contributed by atoms with Gasteiger partial charge in [0.15, 0.2) is 0 Å². The zero-order valence-electron chi connectivity index (χ0n) is 20.3. The van der Waals surface area contributed by atoms with Crippen LogP contribution in [0.5, 0.6) is 0 Å². The molecule has 3 aromatic carbocycles. The number of fused-ring (bicyclic) bond motifs is 3. The third kappa shape index (κ3) is 5.64. The zero-order valence-corrected chi connectivity index (χ0v) is 20.3. The molecule has 1 amide bonds. The Morgan fingerprint density at radius 3 is 2.49 bits per heavy atom. The average Bonchev–Trinajstić information content (AvgIpc) is 2.90. The number of carbonyl (C=O) groups is 1. The van der Waals surface area contributed by atoms with E-state index in [0.29, 0.717) is 24.2 Å². The summed E-state index contributed by atoms with van der Waals surface area (Å²) in [5, 5.41) is 2.84. The second-order valence-corrected chi connectivity index (χ2v) is 9.76. The lowest BCUT2D eigenvalue weighted by molar-refractivity contribution is -0.137. The SMILES string of the molecule is O=C(NCc1ccccc1F)[C@@H]1Cc2cc(C(F)(F)F)ccc2N2CCN(CCc3ccccc3)C[C@H]12. The van der Waals surface area contributed by atoms with Gasteiger partial charge in [0.25, 0.3) is 0 Å². The molecule has 194 valence electrons. The first kappa shape index (κ1) is 25.3. The van der Waals surface area contributed by atoms with Gasteiger partial charge < -0.3 is 10.2 Å². The molecule has 2 aliphatic rings. The Hall–Kier alpha value is -3.39. The summed E-state index contributed by atoms with van der Waals surface area (Å²) in [5.41, 5.74) is 2.18. The number of nitrogens with one attached hydrogen (secondary N) is 1. The van der Waals surface area contributed by atoms with E-state index in [0.717, 1.165) is 31.3 Å². The predicted octanol–water partition coefficient (Wildman–Crippen LogP) is 5.07. The summed E-state index contributed by atoms with van der Waals surface area (Å²) in [6.45, 7) is 2.87. The molecular formula is C29H29F4N3O. The van der Waals surface area contributed by atoms with E-state index >= 15 is 0 Å². The third-order valence-corrected chi connectivity index (χ3v) is 7.43. The number of amides is 1. The van der Waals surface area contributed by atoms with Crippen molar-refractivity contribution in [2.75, 3.05) is 31.1 Å². The molecule has 0 spiro atoms. The minimum absolute atomic E-state index is 0.0297. The fourth-order valence-electron chi connectivity index (χ4n) is 5.45.